The second kappa shape index (κ2) is 8.41. The molecule has 3 nitrogen and oxygen atoms in total. The molecule has 0 aliphatic heterocycles. The summed E-state index contributed by atoms with van der Waals surface area (Å²) in [5.41, 5.74) is 3.44. The molecule has 0 N–H and O–H groups in total. The number of thiophene rings is 1. The maximum atomic E-state index is 13.7. The summed E-state index contributed by atoms with van der Waals surface area (Å²) < 4.78 is 1.86. The first-order chi connectivity index (χ1) is 13.2. The van der Waals surface area contributed by atoms with E-state index in [-0.39, 0.29) is 5.56 Å². The van der Waals surface area contributed by atoms with E-state index in [1.54, 1.807) is 23.1 Å². The Kier molecular flexibility index (Phi) is 5.95. The first-order valence-electron chi connectivity index (χ1n) is 9.45. The van der Waals surface area contributed by atoms with Crippen LogP contribution in [0.1, 0.15) is 35.3 Å². The molecular formula is C21H24N2OS3. The molecule has 6 heteroatoms. The summed E-state index contributed by atoms with van der Waals surface area (Å²) in [4.78, 5) is 21.0. The molecule has 142 valence electrons. The third-order valence-corrected chi connectivity index (χ3v) is 8.08. The maximum absolute atomic E-state index is 13.7. The normalized spacial score (nSPS) is 14.3. The first kappa shape index (κ1) is 19.1. The first-order valence-corrected chi connectivity index (χ1v) is 12.7. The van der Waals surface area contributed by atoms with Crippen molar-refractivity contribution in [3.8, 4) is 5.69 Å². The number of hydrogen-bond donors (Lipinski definition) is 0. The summed E-state index contributed by atoms with van der Waals surface area (Å²) in [5, 5.41) is 1.70. The molecule has 1 aliphatic rings. The number of fused-ring (bicyclic) bond motifs is 3. The van der Waals surface area contributed by atoms with Crippen molar-refractivity contribution in [2.24, 2.45) is 0 Å². The monoisotopic (exact) mass is 416 g/mol. The van der Waals surface area contributed by atoms with Crippen molar-refractivity contribution in [3.63, 3.8) is 0 Å². The van der Waals surface area contributed by atoms with Gasteiger partial charge in [0.15, 0.2) is 5.16 Å². The Hall–Kier alpha value is -1.24. The van der Waals surface area contributed by atoms with Crippen molar-refractivity contribution in [2.75, 3.05) is 17.8 Å². The van der Waals surface area contributed by atoms with E-state index in [9.17, 15) is 4.79 Å². The summed E-state index contributed by atoms with van der Waals surface area (Å²) in [6.45, 7) is 2.07. The van der Waals surface area contributed by atoms with Crippen molar-refractivity contribution in [1.29, 1.82) is 0 Å². The van der Waals surface area contributed by atoms with Crippen molar-refractivity contribution in [3.05, 3.63) is 50.6 Å². The minimum Gasteiger partial charge on any atom is -0.268 e. The van der Waals surface area contributed by atoms with Gasteiger partial charge in [-0.1, -0.05) is 36.4 Å². The van der Waals surface area contributed by atoms with Gasteiger partial charge in [0.2, 0.25) is 0 Å². The van der Waals surface area contributed by atoms with Crippen LogP contribution in [0.2, 0.25) is 0 Å². The van der Waals surface area contributed by atoms with Crippen molar-refractivity contribution >= 4 is 45.1 Å². The van der Waals surface area contributed by atoms with Gasteiger partial charge in [-0.15, -0.1) is 11.3 Å². The van der Waals surface area contributed by atoms with Crippen molar-refractivity contribution < 1.29 is 0 Å². The van der Waals surface area contributed by atoms with Crippen LogP contribution in [0, 0.1) is 6.92 Å². The van der Waals surface area contributed by atoms with Crippen LogP contribution in [0.5, 0.6) is 0 Å². The lowest BCUT2D eigenvalue weighted by Crippen LogP contribution is -2.22. The zero-order valence-electron chi connectivity index (χ0n) is 15.8. The Morgan fingerprint density at radius 1 is 1.15 bits per heavy atom. The van der Waals surface area contributed by atoms with E-state index in [1.807, 2.05) is 34.5 Å². The van der Waals surface area contributed by atoms with Gasteiger partial charge in [-0.05, 0) is 56.1 Å². The number of aromatic nitrogens is 2. The highest BCUT2D eigenvalue weighted by atomic mass is 32.2. The predicted molar refractivity (Wildman–Crippen MR) is 120 cm³/mol. The van der Waals surface area contributed by atoms with E-state index in [2.05, 4.69) is 19.2 Å². The predicted octanol–water partition coefficient (Wildman–Crippen LogP) is 5.48. The van der Waals surface area contributed by atoms with Gasteiger partial charge in [-0.2, -0.15) is 11.8 Å². The minimum atomic E-state index is 0.111. The van der Waals surface area contributed by atoms with Gasteiger partial charge in [-0.3, -0.25) is 9.36 Å². The molecule has 1 aromatic carbocycles. The van der Waals surface area contributed by atoms with Gasteiger partial charge in [0.1, 0.15) is 4.83 Å². The molecule has 0 fully saturated rings. The van der Waals surface area contributed by atoms with Crippen LogP contribution >= 0.6 is 34.9 Å². The fourth-order valence-electron chi connectivity index (χ4n) is 3.70. The van der Waals surface area contributed by atoms with E-state index in [0.717, 1.165) is 51.0 Å². The highest BCUT2D eigenvalue weighted by Crippen LogP contribution is 2.35. The van der Waals surface area contributed by atoms with Gasteiger partial charge in [0, 0.05) is 16.4 Å². The SMILES string of the molecule is CSCCSc1nc2sc3c(c2c(=O)n1-c1ccccc1C)CCCCC3. The highest BCUT2D eigenvalue weighted by molar-refractivity contribution is 8.02. The number of aryl methyl sites for hydroxylation is 3. The lowest BCUT2D eigenvalue weighted by atomic mass is 10.1. The van der Waals surface area contributed by atoms with Gasteiger partial charge in [0.05, 0.1) is 11.1 Å². The fraction of sp³-hybridized carbons (Fsp3) is 0.429. The number of para-hydroxylation sites is 1. The highest BCUT2D eigenvalue weighted by Gasteiger charge is 2.22. The van der Waals surface area contributed by atoms with E-state index >= 15 is 0 Å². The lowest BCUT2D eigenvalue weighted by molar-refractivity contribution is 0.713. The molecule has 0 spiro atoms. The Balaban J connectivity index is 1.96. The lowest BCUT2D eigenvalue weighted by Gasteiger charge is -2.14. The van der Waals surface area contributed by atoms with Crippen LogP contribution in [0.25, 0.3) is 15.9 Å². The summed E-state index contributed by atoms with van der Waals surface area (Å²) in [5.74, 6) is 2.00. The zero-order chi connectivity index (χ0) is 18.8. The van der Waals surface area contributed by atoms with E-state index in [1.165, 1.54) is 29.7 Å². The minimum absolute atomic E-state index is 0.111. The summed E-state index contributed by atoms with van der Waals surface area (Å²) in [7, 11) is 0. The standard InChI is InChI=1S/C21H24N2OS3/c1-14-8-6-7-10-16(14)23-20(24)18-15-9-4-3-5-11-17(15)27-19(18)22-21(23)26-13-12-25-2/h6-8,10H,3-5,9,11-13H2,1-2H3. The van der Waals surface area contributed by atoms with Gasteiger partial charge in [0.25, 0.3) is 5.56 Å². The number of rotatable bonds is 5. The Bertz CT molecular complexity index is 1020. The molecule has 3 aromatic rings. The quantitative estimate of drug-likeness (QED) is 0.239. The second-order valence-electron chi connectivity index (χ2n) is 6.91. The van der Waals surface area contributed by atoms with Crippen LogP contribution in [-0.2, 0) is 12.8 Å². The number of benzene rings is 1. The summed E-state index contributed by atoms with van der Waals surface area (Å²) in [6, 6.07) is 8.13. The molecule has 0 amide bonds. The molecule has 0 radical (unpaired) electrons. The van der Waals surface area contributed by atoms with Crippen LogP contribution in [-0.4, -0.2) is 27.3 Å². The molecule has 0 saturated carbocycles. The third kappa shape index (κ3) is 3.71. The van der Waals surface area contributed by atoms with Gasteiger partial charge in [-0.25, -0.2) is 4.98 Å². The fourth-order valence-corrected chi connectivity index (χ4v) is 6.66. The Labute approximate surface area is 172 Å². The van der Waals surface area contributed by atoms with Crippen LogP contribution in [0.15, 0.2) is 34.2 Å². The van der Waals surface area contributed by atoms with Crippen molar-refractivity contribution in [1.82, 2.24) is 9.55 Å². The molecule has 0 unspecified atom stereocenters. The molecule has 2 aromatic heterocycles. The van der Waals surface area contributed by atoms with Gasteiger partial charge < -0.3 is 0 Å². The summed E-state index contributed by atoms with van der Waals surface area (Å²) >= 11 is 5.26. The smallest absolute Gasteiger partial charge is 0.267 e. The Morgan fingerprint density at radius 2 is 1.96 bits per heavy atom. The number of thioether (sulfide) groups is 2. The average molecular weight is 417 g/mol. The molecular weight excluding hydrogens is 392 g/mol. The average Bonchev–Trinajstić information content (AvgIpc) is 2.85. The van der Waals surface area contributed by atoms with Crippen molar-refractivity contribution in [2.45, 2.75) is 44.2 Å². The molecule has 0 atom stereocenters. The van der Waals surface area contributed by atoms with Crippen LogP contribution < -0.4 is 5.56 Å². The maximum Gasteiger partial charge on any atom is 0.267 e. The molecule has 0 bridgehead atoms. The molecule has 1 aliphatic carbocycles. The number of nitrogens with zero attached hydrogens (tertiary/aromatic N) is 2. The van der Waals surface area contributed by atoms with Gasteiger partial charge >= 0.3 is 0 Å². The van der Waals surface area contributed by atoms with E-state index in [0.29, 0.717) is 0 Å². The molecule has 2 heterocycles. The largest absolute Gasteiger partial charge is 0.268 e. The summed E-state index contributed by atoms with van der Waals surface area (Å²) in [6.07, 6.45) is 7.87. The third-order valence-electron chi connectivity index (χ3n) is 5.08. The molecule has 27 heavy (non-hydrogen) atoms. The van der Waals surface area contributed by atoms with Crippen LogP contribution in [0.3, 0.4) is 0 Å². The Morgan fingerprint density at radius 3 is 2.78 bits per heavy atom. The molecule has 4 rings (SSSR count). The van der Waals surface area contributed by atoms with Crippen LogP contribution in [0.4, 0.5) is 0 Å². The molecule has 0 saturated heterocycles. The van der Waals surface area contributed by atoms with E-state index < -0.39 is 0 Å². The number of hydrogen-bond acceptors (Lipinski definition) is 5. The van der Waals surface area contributed by atoms with E-state index in [4.69, 9.17) is 4.98 Å². The zero-order valence-corrected chi connectivity index (χ0v) is 18.2. The second-order valence-corrected chi connectivity index (χ2v) is 10.0. The topological polar surface area (TPSA) is 34.9 Å².